The summed E-state index contributed by atoms with van der Waals surface area (Å²) in [6.45, 7) is 7.88. The van der Waals surface area contributed by atoms with E-state index in [0.29, 0.717) is 84.6 Å². The molecule has 2 aromatic rings. The maximum Gasteiger partial charge on any atom is 0.309 e. The molecule has 0 bridgehead atoms. The summed E-state index contributed by atoms with van der Waals surface area (Å²) in [6.07, 6.45) is 4.36. The molecule has 0 spiro atoms. The second-order valence-corrected chi connectivity index (χ2v) is 11.6. The molecular weight excluding hydrogens is 544 g/mol. The zero-order valence-electron chi connectivity index (χ0n) is 23.1. The summed E-state index contributed by atoms with van der Waals surface area (Å²) >= 11 is 6.82. The van der Waals surface area contributed by atoms with Gasteiger partial charge >= 0.3 is 5.97 Å². The Labute approximate surface area is 244 Å². The van der Waals surface area contributed by atoms with Gasteiger partial charge < -0.3 is 9.64 Å². The van der Waals surface area contributed by atoms with Gasteiger partial charge in [-0.3, -0.25) is 23.9 Å². The molecule has 0 atom stereocenters. The molecule has 2 saturated heterocycles. The van der Waals surface area contributed by atoms with Crippen LogP contribution in [0.15, 0.2) is 40.0 Å². The molecule has 1 aromatic carbocycles. The molecule has 210 valence electrons. The summed E-state index contributed by atoms with van der Waals surface area (Å²) in [5, 5.41) is 9.89. The molecule has 2 aliphatic heterocycles. The number of nitrogens with zero attached hydrogens (tertiary/aromatic N) is 4. The first-order valence-electron chi connectivity index (χ1n) is 13.7. The third kappa shape index (κ3) is 6.16. The lowest BCUT2D eigenvalue weighted by Crippen LogP contribution is -2.41. The first-order chi connectivity index (χ1) is 19.3. The minimum atomic E-state index is -0.336. The Morgan fingerprint density at radius 1 is 1.18 bits per heavy atom. The number of carbonyl (C=O) groups is 2. The molecule has 0 N–H and O–H groups in total. The van der Waals surface area contributed by atoms with E-state index in [1.165, 1.54) is 11.8 Å². The highest BCUT2D eigenvalue weighted by Crippen LogP contribution is 2.37. The molecule has 0 saturated carbocycles. The van der Waals surface area contributed by atoms with Crippen molar-refractivity contribution >= 4 is 52.1 Å². The van der Waals surface area contributed by atoms with Crippen LogP contribution >= 0.6 is 24.0 Å². The molecule has 4 rings (SSSR count). The van der Waals surface area contributed by atoms with Crippen molar-refractivity contribution in [3.05, 3.63) is 67.8 Å². The highest BCUT2D eigenvalue weighted by atomic mass is 32.2. The number of aromatic nitrogens is 1. The molecule has 2 aliphatic rings. The first kappa shape index (κ1) is 29.6. The van der Waals surface area contributed by atoms with E-state index in [-0.39, 0.29) is 28.9 Å². The van der Waals surface area contributed by atoms with Gasteiger partial charge in [0.05, 0.1) is 17.4 Å². The van der Waals surface area contributed by atoms with Gasteiger partial charge in [-0.2, -0.15) is 5.26 Å². The van der Waals surface area contributed by atoms with Gasteiger partial charge in [0.25, 0.3) is 11.5 Å². The van der Waals surface area contributed by atoms with E-state index < -0.39 is 0 Å². The summed E-state index contributed by atoms with van der Waals surface area (Å²) in [4.78, 5) is 43.5. The molecule has 0 unspecified atom stereocenters. The van der Waals surface area contributed by atoms with Crippen molar-refractivity contribution < 1.29 is 14.3 Å². The summed E-state index contributed by atoms with van der Waals surface area (Å²) < 4.78 is 7.37. The molecule has 0 aliphatic carbocycles. The van der Waals surface area contributed by atoms with Gasteiger partial charge in [0.15, 0.2) is 0 Å². The number of benzene rings is 1. The Morgan fingerprint density at radius 3 is 2.50 bits per heavy atom. The maximum atomic E-state index is 13.5. The number of hydrogen-bond donors (Lipinski definition) is 0. The van der Waals surface area contributed by atoms with Crippen LogP contribution in [0.25, 0.3) is 6.08 Å². The Bertz CT molecular complexity index is 1420. The normalized spacial score (nSPS) is 17.0. The van der Waals surface area contributed by atoms with E-state index in [1.807, 2.05) is 37.3 Å². The van der Waals surface area contributed by atoms with Crippen LogP contribution in [-0.2, 0) is 27.3 Å². The van der Waals surface area contributed by atoms with Crippen molar-refractivity contribution in [2.75, 3.05) is 31.1 Å². The predicted octanol–water partition coefficient (Wildman–Crippen LogP) is 4.66. The number of pyridine rings is 1. The summed E-state index contributed by atoms with van der Waals surface area (Å²) in [6, 6.07) is 12.0. The largest absolute Gasteiger partial charge is 0.466 e. The number of hydrogen-bond acceptors (Lipinski definition) is 8. The van der Waals surface area contributed by atoms with Crippen molar-refractivity contribution in [3.8, 4) is 6.07 Å². The molecule has 10 heteroatoms. The van der Waals surface area contributed by atoms with Crippen LogP contribution in [0, 0.1) is 24.2 Å². The Kier molecular flexibility index (Phi) is 9.82. The number of anilines is 1. The SMILES string of the molecule is CCCn1c(N2CCC(C(=O)OCC)CC2)c(C=C2SC(=S)N(CCc3ccccc3)C2=O)c(C)c(C#N)c1=O. The van der Waals surface area contributed by atoms with Gasteiger partial charge in [-0.15, -0.1) is 0 Å². The summed E-state index contributed by atoms with van der Waals surface area (Å²) in [5.74, 6) is 0.124. The Balaban J connectivity index is 1.71. The third-order valence-electron chi connectivity index (χ3n) is 7.32. The van der Waals surface area contributed by atoms with Crippen molar-refractivity contribution in [1.82, 2.24) is 9.47 Å². The third-order valence-corrected chi connectivity index (χ3v) is 8.70. The quantitative estimate of drug-likeness (QED) is 0.241. The lowest BCUT2D eigenvalue weighted by atomic mass is 9.95. The molecule has 40 heavy (non-hydrogen) atoms. The molecule has 3 heterocycles. The molecular formula is C30H34N4O4S2. The Morgan fingerprint density at radius 2 is 1.88 bits per heavy atom. The lowest BCUT2D eigenvalue weighted by molar-refractivity contribution is -0.148. The second kappa shape index (κ2) is 13.3. The van der Waals surface area contributed by atoms with Crippen LogP contribution in [0.5, 0.6) is 0 Å². The summed E-state index contributed by atoms with van der Waals surface area (Å²) in [5.41, 5.74) is 2.07. The number of rotatable bonds is 9. The fourth-order valence-corrected chi connectivity index (χ4v) is 6.50. The van der Waals surface area contributed by atoms with Crippen LogP contribution in [0.4, 0.5) is 5.82 Å². The lowest BCUT2D eigenvalue weighted by Gasteiger charge is -2.35. The van der Waals surface area contributed by atoms with Crippen LogP contribution < -0.4 is 10.5 Å². The van der Waals surface area contributed by atoms with Crippen molar-refractivity contribution in [3.63, 3.8) is 0 Å². The van der Waals surface area contributed by atoms with Crippen molar-refractivity contribution in [2.24, 2.45) is 5.92 Å². The van der Waals surface area contributed by atoms with Crippen LogP contribution in [0.2, 0.25) is 0 Å². The molecule has 1 aromatic heterocycles. The van der Waals surface area contributed by atoms with E-state index in [2.05, 4.69) is 11.0 Å². The topological polar surface area (TPSA) is 95.6 Å². The molecule has 0 radical (unpaired) electrons. The van der Waals surface area contributed by atoms with Crippen molar-refractivity contribution in [2.45, 2.75) is 53.0 Å². The number of piperidine rings is 1. The predicted molar refractivity (Wildman–Crippen MR) is 162 cm³/mol. The second-order valence-electron chi connectivity index (χ2n) is 9.89. The van der Waals surface area contributed by atoms with E-state index in [1.54, 1.807) is 29.4 Å². The standard InChI is InChI=1S/C30H34N4O4S2/c1-4-14-33-26(32-15-12-22(13-16-32)29(37)38-5-2)23(20(3)24(19-31)27(33)35)18-25-28(36)34(30(39)40-25)17-11-21-9-7-6-8-10-21/h6-10,18,22H,4-5,11-17H2,1-3H3. The number of thioether (sulfide) groups is 1. The fourth-order valence-electron chi connectivity index (χ4n) is 5.21. The number of carbonyl (C=O) groups excluding carboxylic acids is 2. The van der Waals surface area contributed by atoms with Crippen molar-refractivity contribution in [1.29, 1.82) is 5.26 Å². The number of amides is 1. The average molecular weight is 579 g/mol. The number of ether oxygens (including phenoxy) is 1. The maximum absolute atomic E-state index is 13.5. The Hall–Kier alpha value is -3.42. The highest BCUT2D eigenvalue weighted by molar-refractivity contribution is 8.26. The van der Waals surface area contributed by atoms with E-state index in [9.17, 15) is 19.6 Å². The molecule has 8 nitrogen and oxygen atoms in total. The van der Waals surface area contributed by atoms with Gasteiger partial charge in [-0.25, -0.2) is 0 Å². The zero-order chi connectivity index (χ0) is 28.8. The minimum absolute atomic E-state index is 0.0735. The van der Waals surface area contributed by atoms with Gasteiger partial charge in [0.1, 0.15) is 21.8 Å². The van der Waals surface area contributed by atoms with E-state index in [0.717, 1.165) is 5.56 Å². The first-order valence-corrected chi connectivity index (χ1v) is 14.9. The van der Waals surface area contributed by atoms with E-state index >= 15 is 0 Å². The zero-order valence-corrected chi connectivity index (χ0v) is 24.8. The van der Waals surface area contributed by atoms with Gasteiger partial charge in [-0.05, 0) is 56.7 Å². The number of thiocarbonyl (C=S) groups is 1. The van der Waals surface area contributed by atoms with Gasteiger partial charge in [0, 0.05) is 31.7 Å². The number of esters is 1. The van der Waals surface area contributed by atoms with Crippen LogP contribution in [-0.4, -0.2) is 51.9 Å². The molecule has 1 amide bonds. The summed E-state index contributed by atoms with van der Waals surface area (Å²) in [7, 11) is 0. The number of nitriles is 1. The fraction of sp³-hybridized carbons (Fsp3) is 0.433. The highest BCUT2D eigenvalue weighted by Gasteiger charge is 2.34. The van der Waals surface area contributed by atoms with Crippen LogP contribution in [0.1, 0.15) is 55.4 Å². The smallest absolute Gasteiger partial charge is 0.309 e. The van der Waals surface area contributed by atoms with Gasteiger partial charge in [-0.1, -0.05) is 61.2 Å². The molecule has 2 fully saturated rings. The average Bonchev–Trinajstić information content (AvgIpc) is 3.22. The monoisotopic (exact) mass is 578 g/mol. The van der Waals surface area contributed by atoms with E-state index in [4.69, 9.17) is 17.0 Å². The minimum Gasteiger partial charge on any atom is -0.466 e. The van der Waals surface area contributed by atoms with Crippen LogP contribution in [0.3, 0.4) is 0 Å². The van der Waals surface area contributed by atoms with Gasteiger partial charge in [0.2, 0.25) is 0 Å².